The molecule has 0 saturated carbocycles. The summed E-state index contributed by atoms with van der Waals surface area (Å²) in [6.07, 6.45) is 12.4. The third-order valence-electron chi connectivity index (χ3n) is 9.33. The predicted molar refractivity (Wildman–Crippen MR) is 207 cm³/mol. The molecule has 2 unspecified atom stereocenters. The largest absolute Gasteiger partial charge is 0.311 e. The zero-order valence-corrected chi connectivity index (χ0v) is 27.4. The van der Waals surface area contributed by atoms with E-state index in [0.29, 0.717) is 12.0 Å². The maximum absolute atomic E-state index is 3.40. The van der Waals surface area contributed by atoms with E-state index >= 15 is 0 Å². The maximum atomic E-state index is 3.40. The molecule has 6 aromatic carbocycles. The van der Waals surface area contributed by atoms with Gasteiger partial charge in [-0.15, -0.1) is 0 Å². The molecule has 3 nitrogen and oxygen atoms in total. The number of hydrogen-bond acceptors (Lipinski definition) is 3. The minimum Gasteiger partial charge on any atom is -0.311 e. The highest BCUT2D eigenvalue weighted by Gasteiger charge is 2.22. The summed E-state index contributed by atoms with van der Waals surface area (Å²) in [7, 11) is 0. The van der Waals surface area contributed by atoms with Crippen LogP contribution < -0.4 is 15.1 Å². The SMILES string of the molecule is C1=CC(c2ccc(N(c3ccccc3)c3ccc(C4CN4)cc3)cc2)CC=C1/C=C/c1ccc(N(c2ccccc2)c2ccccc2)cc1. The Labute approximate surface area is 289 Å². The smallest absolute Gasteiger partial charge is 0.0462 e. The normalized spacial score (nSPS) is 16.7. The maximum Gasteiger partial charge on any atom is 0.0462 e. The van der Waals surface area contributed by atoms with Gasteiger partial charge in [-0.25, -0.2) is 0 Å². The van der Waals surface area contributed by atoms with Crippen LogP contribution in [0.2, 0.25) is 0 Å². The van der Waals surface area contributed by atoms with Crippen molar-refractivity contribution in [2.75, 3.05) is 16.3 Å². The molecule has 6 aromatic rings. The number of allylic oxidation sites excluding steroid dienone is 5. The molecule has 2 atom stereocenters. The molecule has 49 heavy (non-hydrogen) atoms. The molecular formula is C46H39N3. The van der Waals surface area contributed by atoms with Crippen molar-refractivity contribution in [3.05, 3.63) is 210 Å². The number of para-hydroxylation sites is 3. The Balaban J connectivity index is 0.941. The molecule has 1 N–H and O–H groups in total. The number of hydrogen-bond donors (Lipinski definition) is 1. The molecule has 238 valence electrons. The summed E-state index contributed by atoms with van der Waals surface area (Å²) in [6, 6.07) is 59.0. The Hall–Kier alpha value is -5.90. The van der Waals surface area contributed by atoms with Crippen LogP contribution in [0, 0.1) is 0 Å². The van der Waals surface area contributed by atoms with E-state index < -0.39 is 0 Å². The fraction of sp³-hybridized carbons (Fsp3) is 0.0870. The van der Waals surface area contributed by atoms with Gasteiger partial charge in [0.05, 0.1) is 0 Å². The number of nitrogens with zero attached hydrogens (tertiary/aromatic N) is 2. The molecule has 0 bridgehead atoms. The lowest BCUT2D eigenvalue weighted by Crippen LogP contribution is -2.10. The lowest BCUT2D eigenvalue weighted by molar-refractivity contribution is 0.848. The highest BCUT2D eigenvalue weighted by molar-refractivity contribution is 5.78. The van der Waals surface area contributed by atoms with Gasteiger partial charge in [-0.1, -0.05) is 121 Å². The van der Waals surface area contributed by atoms with Crippen LogP contribution in [0.3, 0.4) is 0 Å². The molecular weight excluding hydrogens is 595 g/mol. The van der Waals surface area contributed by atoms with Gasteiger partial charge in [0.25, 0.3) is 0 Å². The van der Waals surface area contributed by atoms with Gasteiger partial charge in [0, 0.05) is 52.6 Å². The van der Waals surface area contributed by atoms with Crippen molar-refractivity contribution in [3.63, 3.8) is 0 Å². The zero-order valence-electron chi connectivity index (χ0n) is 27.4. The van der Waals surface area contributed by atoms with Crippen molar-refractivity contribution in [3.8, 4) is 0 Å². The van der Waals surface area contributed by atoms with E-state index in [1.54, 1.807) is 0 Å². The summed E-state index contributed by atoms with van der Waals surface area (Å²) in [5, 5.41) is 3.40. The van der Waals surface area contributed by atoms with E-state index in [-0.39, 0.29) is 0 Å². The first-order chi connectivity index (χ1) is 24.3. The zero-order chi connectivity index (χ0) is 32.8. The van der Waals surface area contributed by atoms with Gasteiger partial charge >= 0.3 is 0 Å². The summed E-state index contributed by atoms with van der Waals surface area (Å²) < 4.78 is 0. The first-order valence-electron chi connectivity index (χ1n) is 17.1. The van der Waals surface area contributed by atoms with Crippen LogP contribution in [0.15, 0.2) is 194 Å². The molecule has 1 saturated heterocycles. The van der Waals surface area contributed by atoms with Crippen LogP contribution in [0.5, 0.6) is 0 Å². The quantitative estimate of drug-likeness (QED) is 0.152. The van der Waals surface area contributed by atoms with Gasteiger partial charge in [-0.05, 0) is 101 Å². The van der Waals surface area contributed by atoms with Crippen molar-refractivity contribution >= 4 is 40.2 Å². The molecule has 0 spiro atoms. The summed E-state index contributed by atoms with van der Waals surface area (Å²) in [6.45, 7) is 1.07. The summed E-state index contributed by atoms with van der Waals surface area (Å²) >= 11 is 0. The highest BCUT2D eigenvalue weighted by atomic mass is 15.1. The van der Waals surface area contributed by atoms with E-state index in [0.717, 1.165) is 41.4 Å². The topological polar surface area (TPSA) is 28.4 Å². The van der Waals surface area contributed by atoms with Gasteiger partial charge in [0.2, 0.25) is 0 Å². The Morgan fingerprint density at radius 2 is 0.898 bits per heavy atom. The van der Waals surface area contributed by atoms with Crippen LogP contribution in [0.25, 0.3) is 6.08 Å². The second kappa shape index (κ2) is 14.1. The minimum atomic E-state index is 0.364. The first kappa shape index (κ1) is 30.4. The second-order valence-corrected chi connectivity index (χ2v) is 12.7. The molecule has 0 amide bonds. The molecule has 1 aliphatic heterocycles. The molecule has 3 heteroatoms. The number of rotatable bonds is 10. The van der Waals surface area contributed by atoms with Gasteiger partial charge in [-0.3, -0.25) is 0 Å². The Bertz CT molecular complexity index is 2020. The lowest BCUT2D eigenvalue weighted by Gasteiger charge is -2.26. The number of nitrogens with one attached hydrogen (secondary N) is 1. The van der Waals surface area contributed by atoms with E-state index in [4.69, 9.17) is 0 Å². The average molecular weight is 634 g/mol. The van der Waals surface area contributed by atoms with Crippen molar-refractivity contribution in [2.45, 2.75) is 18.4 Å². The monoisotopic (exact) mass is 633 g/mol. The second-order valence-electron chi connectivity index (χ2n) is 12.7. The number of anilines is 6. The molecule has 1 fully saturated rings. The first-order valence-corrected chi connectivity index (χ1v) is 17.1. The van der Waals surface area contributed by atoms with Gasteiger partial charge < -0.3 is 15.1 Å². The Kier molecular flexibility index (Phi) is 8.74. The van der Waals surface area contributed by atoms with Gasteiger partial charge in [0.15, 0.2) is 0 Å². The lowest BCUT2D eigenvalue weighted by atomic mass is 9.90. The molecule has 1 heterocycles. The van der Waals surface area contributed by atoms with Gasteiger partial charge in [0.1, 0.15) is 0 Å². The third-order valence-corrected chi connectivity index (χ3v) is 9.33. The molecule has 0 aromatic heterocycles. The molecule has 2 aliphatic rings. The molecule has 1 aliphatic carbocycles. The molecule has 8 rings (SSSR count). The predicted octanol–water partition coefficient (Wildman–Crippen LogP) is 12.0. The van der Waals surface area contributed by atoms with Crippen LogP contribution in [-0.4, -0.2) is 6.54 Å². The summed E-state index contributed by atoms with van der Waals surface area (Å²) in [5.74, 6) is 0.364. The number of benzene rings is 6. The van der Waals surface area contributed by atoms with Crippen molar-refractivity contribution in [1.29, 1.82) is 0 Å². The van der Waals surface area contributed by atoms with Gasteiger partial charge in [-0.2, -0.15) is 0 Å². The van der Waals surface area contributed by atoms with E-state index in [2.05, 4.69) is 209 Å². The standard InChI is InChI=1S/C46H39N3/c1-4-10-40(11-5-1)48(41-12-6-2-7-13-41)43-28-20-36(21-29-43)17-16-35-18-22-37(23-19-35)38-24-30-44(31-25-38)49(42-14-8-3-9-15-42)45-32-26-39(27-33-45)46-34-47-46/h1-22,24-33,37,46-47H,23,34H2/b17-16+. The van der Waals surface area contributed by atoms with E-state index in [1.165, 1.54) is 28.0 Å². The van der Waals surface area contributed by atoms with Crippen molar-refractivity contribution in [2.24, 2.45) is 0 Å². The Morgan fingerprint density at radius 3 is 1.33 bits per heavy atom. The van der Waals surface area contributed by atoms with E-state index in [1.807, 2.05) is 0 Å². The van der Waals surface area contributed by atoms with Crippen LogP contribution in [0.1, 0.15) is 35.1 Å². The minimum absolute atomic E-state index is 0.364. The van der Waals surface area contributed by atoms with E-state index in [9.17, 15) is 0 Å². The Morgan fingerprint density at radius 1 is 0.469 bits per heavy atom. The van der Waals surface area contributed by atoms with Crippen molar-refractivity contribution in [1.82, 2.24) is 5.32 Å². The average Bonchev–Trinajstić information content (AvgIpc) is 4.03. The van der Waals surface area contributed by atoms with Crippen LogP contribution >= 0.6 is 0 Å². The van der Waals surface area contributed by atoms with Crippen molar-refractivity contribution < 1.29 is 0 Å². The van der Waals surface area contributed by atoms with Crippen LogP contribution in [-0.2, 0) is 0 Å². The summed E-state index contributed by atoms with van der Waals surface area (Å²) in [4.78, 5) is 4.62. The fourth-order valence-corrected chi connectivity index (χ4v) is 6.58. The third kappa shape index (κ3) is 7.03. The van der Waals surface area contributed by atoms with Crippen LogP contribution in [0.4, 0.5) is 34.1 Å². The molecule has 0 radical (unpaired) electrons. The highest BCUT2D eigenvalue weighted by Crippen LogP contribution is 2.38. The summed E-state index contributed by atoms with van der Waals surface area (Å²) in [5.41, 5.74) is 12.0. The fourth-order valence-electron chi connectivity index (χ4n) is 6.58.